The van der Waals surface area contributed by atoms with Crippen LogP contribution in [0.15, 0.2) is 42.6 Å². The first-order valence-corrected chi connectivity index (χ1v) is 8.28. The van der Waals surface area contributed by atoms with Crippen molar-refractivity contribution < 1.29 is 19.0 Å². The van der Waals surface area contributed by atoms with Crippen molar-refractivity contribution in [3.63, 3.8) is 0 Å². The summed E-state index contributed by atoms with van der Waals surface area (Å²) >= 11 is 0. The molecule has 25 heavy (non-hydrogen) atoms. The van der Waals surface area contributed by atoms with Gasteiger partial charge < -0.3 is 19.1 Å². The van der Waals surface area contributed by atoms with Crippen LogP contribution >= 0.6 is 0 Å². The lowest BCUT2D eigenvalue weighted by Gasteiger charge is -2.25. The predicted octanol–water partition coefficient (Wildman–Crippen LogP) is 2.84. The number of methoxy groups -OCH3 is 2. The number of pyridine rings is 1. The zero-order valence-electron chi connectivity index (χ0n) is 14.5. The molecule has 3 rings (SSSR count). The van der Waals surface area contributed by atoms with Crippen molar-refractivity contribution in [1.29, 1.82) is 0 Å². The predicted molar refractivity (Wildman–Crippen MR) is 93.0 cm³/mol. The average Bonchev–Trinajstić information content (AvgIpc) is 3.16. The molecule has 0 spiro atoms. The quantitative estimate of drug-likeness (QED) is 0.808. The molecule has 1 fully saturated rings. The molecular formula is C19H22N2O4. The Labute approximate surface area is 147 Å². The maximum atomic E-state index is 12.6. The van der Waals surface area contributed by atoms with Crippen LogP contribution in [0, 0.1) is 0 Å². The molecule has 0 aliphatic carbocycles. The molecule has 1 aromatic carbocycles. The lowest BCUT2D eigenvalue weighted by Crippen LogP contribution is -2.34. The second-order valence-electron chi connectivity index (χ2n) is 5.82. The van der Waals surface area contributed by atoms with Crippen LogP contribution in [0.2, 0.25) is 0 Å². The normalized spacial score (nSPS) is 16.6. The van der Waals surface area contributed by atoms with E-state index in [1.54, 1.807) is 26.5 Å². The molecule has 0 radical (unpaired) electrons. The van der Waals surface area contributed by atoms with Crippen LogP contribution in [0.25, 0.3) is 0 Å². The van der Waals surface area contributed by atoms with Gasteiger partial charge >= 0.3 is 0 Å². The van der Waals surface area contributed by atoms with E-state index < -0.39 is 0 Å². The molecule has 1 aromatic heterocycles. The molecule has 0 unspecified atom stereocenters. The Bertz CT molecular complexity index is 721. The summed E-state index contributed by atoms with van der Waals surface area (Å²) < 4.78 is 16.2. The maximum absolute atomic E-state index is 12.6. The Morgan fingerprint density at radius 1 is 1.20 bits per heavy atom. The van der Waals surface area contributed by atoms with Crippen LogP contribution in [0.1, 0.15) is 24.4 Å². The molecule has 132 valence electrons. The highest BCUT2D eigenvalue weighted by Crippen LogP contribution is 2.36. The second kappa shape index (κ2) is 7.88. The monoisotopic (exact) mass is 342 g/mol. The number of aromatic nitrogens is 1. The average molecular weight is 342 g/mol. The van der Waals surface area contributed by atoms with Crippen molar-refractivity contribution in [2.75, 3.05) is 27.4 Å². The van der Waals surface area contributed by atoms with Crippen molar-refractivity contribution in [2.24, 2.45) is 0 Å². The SMILES string of the molecule is COc1ccc([C@@H]2CCCN2C(=O)COc2ccccn2)cc1OC. The first-order chi connectivity index (χ1) is 12.2. The van der Waals surface area contributed by atoms with Gasteiger partial charge in [0.2, 0.25) is 5.88 Å². The molecule has 1 amide bonds. The number of ether oxygens (including phenoxy) is 3. The lowest BCUT2D eigenvalue weighted by molar-refractivity contribution is -0.134. The first kappa shape index (κ1) is 17.1. The van der Waals surface area contributed by atoms with Gasteiger partial charge in [-0.1, -0.05) is 12.1 Å². The number of rotatable bonds is 6. The molecule has 0 bridgehead atoms. The van der Waals surface area contributed by atoms with Crippen LogP contribution in [0.5, 0.6) is 17.4 Å². The Balaban J connectivity index is 1.70. The number of carbonyl (C=O) groups is 1. The number of benzene rings is 1. The minimum atomic E-state index is -0.0389. The molecule has 1 atom stereocenters. The van der Waals surface area contributed by atoms with Crippen molar-refractivity contribution in [3.05, 3.63) is 48.2 Å². The molecule has 1 saturated heterocycles. The zero-order chi connectivity index (χ0) is 17.6. The van der Waals surface area contributed by atoms with E-state index in [1.807, 2.05) is 35.2 Å². The summed E-state index contributed by atoms with van der Waals surface area (Å²) in [5, 5.41) is 0. The zero-order valence-corrected chi connectivity index (χ0v) is 14.5. The highest BCUT2D eigenvalue weighted by Gasteiger charge is 2.30. The van der Waals surface area contributed by atoms with Gasteiger partial charge in [0, 0.05) is 18.8 Å². The second-order valence-corrected chi connectivity index (χ2v) is 5.82. The van der Waals surface area contributed by atoms with Gasteiger partial charge in [-0.25, -0.2) is 4.98 Å². The Kier molecular flexibility index (Phi) is 5.38. The number of likely N-dealkylation sites (tertiary alicyclic amines) is 1. The summed E-state index contributed by atoms with van der Waals surface area (Å²) in [6.07, 6.45) is 3.53. The Morgan fingerprint density at radius 2 is 2.04 bits per heavy atom. The van der Waals surface area contributed by atoms with E-state index in [4.69, 9.17) is 14.2 Å². The maximum Gasteiger partial charge on any atom is 0.261 e. The van der Waals surface area contributed by atoms with Crippen LogP contribution < -0.4 is 14.2 Å². The van der Waals surface area contributed by atoms with E-state index in [2.05, 4.69) is 4.98 Å². The molecule has 6 heteroatoms. The highest BCUT2D eigenvalue weighted by molar-refractivity contribution is 5.78. The summed E-state index contributed by atoms with van der Waals surface area (Å²) in [4.78, 5) is 18.5. The third kappa shape index (κ3) is 3.84. The number of carbonyl (C=O) groups excluding carboxylic acids is 1. The van der Waals surface area contributed by atoms with Crippen molar-refractivity contribution in [2.45, 2.75) is 18.9 Å². The smallest absolute Gasteiger partial charge is 0.261 e. The lowest BCUT2D eigenvalue weighted by atomic mass is 10.0. The van der Waals surface area contributed by atoms with E-state index in [-0.39, 0.29) is 18.6 Å². The summed E-state index contributed by atoms with van der Waals surface area (Å²) in [5.74, 6) is 1.77. The van der Waals surface area contributed by atoms with Gasteiger partial charge in [0.25, 0.3) is 5.91 Å². The van der Waals surface area contributed by atoms with E-state index in [1.165, 1.54) is 0 Å². The standard InChI is InChI=1S/C19H22N2O4/c1-23-16-9-8-14(12-17(16)24-2)15-6-5-11-21(15)19(22)13-25-18-7-3-4-10-20-18/h3-4,7-10,12,15H,5-6,11,13H2,1-2H3/t15-/m0/s1. The fourth-order valence-corrected chi connectivity index (χ4v) is 3.12. The minimum Gasteiger partial charge on any atom is -0.493 e. The Hall–Kier alpha value is -2.76. The summed E-state index contributed by atoms with van der Waals surface area (Å²) in [7, 11) is 3.22. The fraction of sp³-hybridized carbons (Fsp3) is 0.368. The van der Waals surface area contributed by atoms with E-state index in [9.17, 15) is 4.79 Å². The van der Waals surface area contributed by atoms with Crippen molar-refractivity contribution in [3.8, 4) is 17.4 Å². The summed E-state index contributed by atoms with van der Waals surface area (Å²) in [5.41, 5.74) is 1.04. The summed E-state index contributed by atoms with van der Waals surface area (Å²) in [6, 6.07) is 11.2. The third-order valence-corrected chi connectivity index (χ3v) is 4.35. The number of nitrogens with zero attached hydrogens (tertiary/aromatic N) is 2. The number of amides is 1. The van der Waals surface area contributed by atoms with E-state index >= 15 is 0 Å². The largest absolute Gasteiger partial charge is 0.493 e. The first-order valence-electron chi connectivity index (χ1n) is 8.28. The number of hydrogen-bond donors (Lipinski definition) is 0. The molecule has 0 N–H and O–H groups in total. The molecule has 6 nitrogen and oxygen atoms in total. The van der Waals surface area contributed by atoms with Gasteiger partial charge in [-0.05, 0) is 36.6 Å². The van der Waals surface area contributed by atoms with Gasteiger partial charge in [-0.3, -0.25) is 4.79 Å². The van der Waals surface area contributed by atoms with Gasteiger partial charge in [-0.15, -0.1) is 0 Å². The molecule has 1 aliphatic rings. The van der Waals surface area contributed by atoms with Crippen molar-refractivity contribution in [1.82, 2.24) is 9.88 Å². The van der Waals surface area contributed by atoms with Crippen LogP contribution in [-0.4, -0.2) is 43.2 Å². The molecular weight excluding hydrogens is 320 g/mol. The minimum absolute atomic E-state index is 0.0131. The fourth-order valence-electron chi connectivity index (χ4n) is 3.12. The van der Waals surface area contributed by atoms with Crippen LogP contribution in [0.3, 0.4) is 0 Å². The topological polar surface area (TPSA) is 60.9 Å². The van der Waals surface area contributed by atoms with E-state index in [0.717, 1.165) is 24.9 Å². The van der Waals surface area contributed by atoms with Gasteiger partial charge in [0.15, 0.2) is 18.1 Å². The van der Waals surface area contributed by atoms with E-state index in [0.29, 0.717) is 17.4 Å². The van der Waals surface area contributed by atoms with Gasteiger partial charge in [0.1, 0.15) is 0 Å². The molecule has 2 heterocycles. The van der Waals surface area contributed by atoms with Crippen LogP contribution in [-0.2, 0) is 4.79 Å². The summed E-state index contributed by atoms with van der Waals surface area (Å²) in [6.45, 7) is 0.713. The number of hydrogen-bond acceptors (Lipinski definition) is 5. The van der Waals surface area contributed by atoms with Gasteiger partial charge in [0.05, 0.1) is 20.3 Å². The van der Waals surface area contributed by atoms with Crippen LogP contribution in [0.4, 0.5) is 0 Å². The highest BCUT2D eigenvalue weighted by atomic mass is 16.5. The van der Waals surface area contributed by atoms with Crippen molar-refractivity contribution >= 4 is 5.91 Å². The molecule has 0 saturated carbocycles. The third-order valence-electron chi connectivity index (χ3n) is 4.35. The van der Waals surface area contributed by atoms with Gasteiger partial charge in [-0.2, -0.15) is 0 Å². The molecule has 1 aliphatic heterocycles. The Morgan fingerprint density at radius 3 is 2.76 bits per heavy atom. The molecule has 2 aromatic rings.